The van der Waals surface area contributed by atoms with Crippen LogP contribution < -0.4 is 40.6 Å². The van der Waals surface area contributed by atoms with Crippen LogP contribution in [0.4, 0.5) is 34.6 Å². The lowest BCUT2D eigenvalue weighted by molar-refractivity contribution is 0.102. The van der Waals surface area contributed by atoms with Crippen molar-refractivity contribution in [2.24, 2.45) is 0 Å². The molecule has 2 aromatic heterocycles. The Morgan fingerprint density at radius 3 is 1.35 bits per heavy atom. The van der Waals surface area contributed by atoms with Crippen LogP contribution >= 0.6 is 81.2 Å². The number of nitrogen functional groups attached to an aromatic ring is 1. The third-order valence-electron chi connectivity index (χ3n) is 8.82. The van der Waals surface area contributed by atoms with E-state index in [1.54, 1.807) is 141 Å². The normalized spacial score (nSPS) is 9.99. The Hall–Kier alpha value is -6.75. The van der Waals surface area contributed by atoms with Crippen LogP contribution in [0.3, 0.4) is 0 Å². The molecule has 5 N–H and O–H groups in total. The van der Waals surface area contributed by atoms with E-state index in [1.165, 1.54) is 7.11 Å². The first kappa shape index (κ1) is 56.8. The molecule has 0 saturated carbocycles. The van der Waals surface area contributed by atoms with Gasteiger partial charge in [0.2, 0.25) is 23.7 Å². The number of amides is 1. The Morgan fingerprint density at radius 1 is 0.507 bits per heavy atom. The number of methoxy groups -OCH3 is 2. The fourth-order valence-corrected chi connectivity index (χ4v) is 7.66. The van der Waals surface area contributed by atoms with Gasteiger partial charge in [-0.1, -0.05) is 109 Å². The zero-order chi connectivity index (χ0) is 49.5. The number of nitrogens with two attached hydrogens (primary N) is 1. The highest BCUT2D eigenvalue weighted by molar-refractivity contribution is 6.70. The van der Waals surface area contributed by atoms with Crippen molar-refractivity contribution >= 4 is 127 Å². The van der Waals surface area contributed by atoms with Crippen molar-refractivity contribution in [2.75, 3.05) is 35.9 Å². The van der Waals surface area contributed by atoms with E-state index >= 15 is 0 Å². The maximum atomic E-state index is 12.6. The van der Waals surface area contributed by atoms with Gasteiger partial charge in [-0.25, -0.2) is 9.97 Å². The standard InChI is InChI=1S/C24H17Cl3N4O3.C17H15ClN4O2.C7H3Cl3O.2CH4/c1-33-20-9-8-16(13-19(20)27)34-21-10-11-28-24(31-21)30-15-5-2-4-14(12-15)29-23(32)22-17(25)6-3-7-18(22)26;1-23-15-6-5-13(10-14(15)18)24-16-7-8-20-17(22-16)21-12-4-2-3-11(19)9-12;8-4-2-1-3-5(9)6(4)7(10)11;;/h2-13H,1H3,(H,29,32)(H,28,30,31);2-10H,19H2,1H3,(H,20,21,22);1-3H;2*1H4. The molecule has 14 nitrogen and oxygen atoms in total. The van der Waals surface area contributed by atoms with Crippen molar-refractivity contribution in [1.82, 2.24) is 19.9 Å². The summed E-state index contributed by atoms with van der Waals surface area (Å²) in [5, 5.41) is 10.3. The number of hydrogen-bond donors (Lipinski definition) is 4. The van der Waals surface area contributed by atoms with Crippen LogP contribution in [0.5, 0.6) is 34.8 Å². The molecular formula is C50H43Cl7N8O6. The fraction of sp³-hybridized carbons (Fsp3) is 0.0800. The largest absolute Gasteiger partial charge is 0.495 e. The lowest BCUT2D eigenvalue weighted by atomic mass is 10.2. The molecule has 8 aromatic rings. The van der Waals surface area contributed by atoms with Gasteiger partial charge in [-0.05, 0) is 96.5 Å². The van der Waals surface area contributed by atoms with E-state index in [4.69, 9.17) is 106 Å². The number of nitrogens with one attached hydrogen (secondary N) is 3. The summed E-state index contributed by atoms with van der Waals surface area (Å²) in [6.45, 7) is 0. The molecule has 0 radical (unpaired) electrons. The molecule has 0 spiro atoms. The molecule has 8 rings (SSSR count). The van der Waals surface area contributed by atoms with Gasteiger partial charge in [0.05, 0.1) is 55.5 Å². The Bertz CT molecular complexity index is 3060. The lowest BCUT2D eigenvalue weighted by Gasteiger charge is -2.11. The number of carbonyl (C=O) groups is 2. The topological polar surface area (TPSA) is 185 Å². The molecule has 0 saturated heterocycles. The molecule has 21 heteroatoms. The summed E-state index contributed by atoms with van der Waals surface area (Å²) in [6, 6.07) is 37.5. The van der Waals surface area contributed by atoms with E-state index in [-0.39, 0.29) is 46.1 Å². The Balaban J connectivity index is 0.000000257. The highest BCUT2D eigenvalue weighted by Crippen LogP contribution is 2.33. The number of anilines is 6. The summed E-state index contributed by atoms with van der Waals surface area (Å²) in [4.78, 5) is 40.4. The molecule has 0 fully saturated rings. The molecule has 0 aliphatic heterocycles. The highest BCUT2D eigenvalue weighted by Gasteiger charge is 2.16. The third kappa shape index (κ3) is 16.7. The van der Waals surface area contributed by atoms with Crippen LogP contribution in [0.2, 0.25) is 30.1 Å². The number of halogens is 7. The van der Waals surface area contributed by atoms with E-state index in [0.29, 0.717) is 73.8 Å². The molecule has 0 bridgehead atoms. The van der Waals surface area contributed by atoms with E-state index in [2.05, 4.69) is 35.9 Å². The van der Waals surface area contributed by atoms with Gasteiger partial charge in [0, 0.05) is 59.4 Å². The molecular weight excluding hydrogens is 1060 g/mol. The van der Waals surface area contributed by atoms with Crippen LogP contribution in [0.15, 0.2) is 146 Å². The van der Waals surface area contributed by atoms with E-state index in [0.717, 1.165) is 5.69 Å². The number of hydrogen-bond acceptors (Lipinski definition) is 13. The average molecular weight is 1100 g/mol. The Kier molecular flexibility index (Phi) is 22.1. The highest BCUT2D eigenvalue weighted by atomic mass is 35.5. The summed E-state index contributed by atoms with van der Waals surface area (Å²) in [7, 11) is 3.09. The molecule has 0 unspecified atom stereocenters. The van der Waals surface area contributed by atoms with Crippen LogP contribution in [0.25, 0.3) is 0 Å². The van der Waals surface area contributed by atoms with Gasteiger partial charge in [0.1, 0.15) is 23.0 Å². The number of rotatable bonds is 13. The first-order valence-corrected chi connectivity index (χ1v) is 22.4. The SMILES string of the molecule is C.C.COc1ccc(Oc2ccnc(Nc3cccc(N)c3)n2)cc1Cl.COc1ccc(Oc2ccnc(Nc3cccc(NC(=O)c4c(Cl)cccc4Cl)c3)n2)cc1Cl.O=C(Cl)c1c(Cl)cccc1Cl. The van der Waals surface area contributed by atoms with Gasteiger partial charge in [-0.15, -0.1) is 0 Å². The summed E-state index contributed by atoms with van der Waals surface area (Å²) >= 11 is 41.0. The second-order valence-electron chi connectivity index (χ2n) is 13.6. The van der Waals surface area contributed by atoms with Crippen molar-refractivity contribution in [2.45, 2.75) is 14.9 Å². The van der Waals surface area contributed by atoms with Crippen LogP contribution in [-0.2, 0) is 0 Å². The number of ether oxygens (including phenoxy) is 4. The second-order valence-corrected chi connectivity index (χ2v) is 16.4. The molecule has 0 aliphatic carbocycles. The van der Waals surface area contributed by atoms with Crippen molar-refractivity contribution in [1.29, 1.82) is 0 Å². The average Bonchev–Trinajstić information content (AvgIpc) is 3.30. The number of aromatic nitrogens is 4. The molecule has 1 amide bonds. The van der Waals surface area contributed by atoms with Crippen molar-refractivity contribution in [3.63, 3.8) is 0 Å². The summed E-state index contributed by atoms with van der Waals surface area (Å²) < 4.78 is 21.7. The van der Waals surface area contributed by atoms with Crippen LogP contribution in [-0.4, -0.2) is 45.3 Å². The summed E-state index contributed by atoms with van der Waals surface area (Å²) in [5.41, 5.74) is 8.75. The van der Waals surface area contributed by atoms with Crippen molar-refractivity contribution in [3.05, 3.63) is 187 Å². The molecule has 368 valence electrons. The van der Waals surface area contributed by atoms with Crippen LogP contribution in [0.1, 0.15) is 35.6 Å². The minimum Gasteiger partial charge on any atom is -0.495 e. The summed E-state index contributed by atoms with van der Waals surface area (Å²) in [5.74, 6) is 3.16. The lowest BCUT2D eigenvalue weighted by Crippen LogP contribution is -2.13. The monoisotopic (exact) mass is 1100 g/mol. The van der Waals surface area contributed by atoms with E-state index < -0.39 is 11.1 Å². The predicted octanol–water partition coefficient (Wildman–Crippen LogP) is 16.1. The minimum atomic E-state index is -0.638. The van der Waals surface area contributed by atoms with Gasteiger partial charge in [-0.2, -0.15) is 9.97 Å². The first-order valence-electron chi connectivity index (χ1n) is 19.8. The van der Waals surface area contributed by atoms with Gasteiger partial charge < -0.3 is 40.6 Å². The molecule has 71 heavy (non-hydrogen) atoms. The quantitative estimate of drug-likeness (QED) is 0.0632. The zero-order valence-electron chi connectivity index (χ0n) is 35.8. The van der Waals surface area contributed by atoms with Gasteiger partial charge in [-0.3, -0.25) is 9.59 Å². The first-order chi connectivity index (χ1) is 33.2. The van der Waals surface area contributed by atoms with Gasteiger partial charge >= 0.3 is 0 Å². The minimum absolute atomic E-state index is 0. The Labute approximate surface area is 445 Å². The second kappa shape index (κ2) is 27.6. The summed E-state index contributed by atoms with van der Waals surface area (Å²) in [6.07, 6.45) is 3.16. The third-order valence-corrected chi connectivity index (χ3v) is 10.9. The Morgan fingerprint density at radius 2 is 0.930 bits per heavy atom. The fourth-order valence-electron chi connectivity index (χ4n) is 5.72. The van der Waals surface area contributed by atoms with Crippen molar-refractivity contribution in [3.8, 4) is 34.8 Å². The van der Waals surface area contributed by atoms with E-state index in [9.17, 15) is 9.59 Å². The van der Waals surface area contributed by atoms with Crippen LogP contribution in [0, 0.1) is 0 Å². The van der Waals surface area contributed by atoms with E-state index in [1.807, 2.05) is 12.1 Å². The number of carbonyl (C=O) groups excluding carboxylic acids is 2. The molecule has 0 aliphatic rings. The maximum Gasteiger partial charge on any atom is 0.258 e. The molecule has 0 atom stereocenters. The number of nitrogens with zero attached hydrogens (tertiary/aromatic N) is 4. The molecule has 2 heterocycles. The van der Waals surface area contributed by atoms with Gasteiger partial charge in [0.15, 0.2) is 0 Å². The zero-order valence-corrected chi connectivity index (χ0v) is 41.1. The van der Waals surface area contributed by atoms with Crippen molar-refractivity contribution < 1.29 is 28.5 Å². The molecule has 6 aromatic carbocycles. The smallest absolute Gasteiger partial charge is 0.258 e. The maximum absolute atomic E-state index is 12.6. The van der Waals surface area contributed by atoms with Gasteiger partial charge in [0.25, 0.3) is 11.1 Å². The number of benzene rings is 6. The predicted molar refractivity (Wildman–Crippen MR) is 289 cm³/mol.